The van der Waals surface area contributed by atoms with Gasteiger partial charge in [-0.2, -0.15) is 5.10 Å². The van der Waals surface area contributed by atoms with Crippen molar-refractivity contribution in [1.29, 1.82) is 0 Å². The smallest absolute Gasteiger partial charge is 0.320 e. The van der Waals surface area contributed by atoms with Gasteiger partial charge in [-0.15, -0.1) is 0 Å². The maximum absolute atomic E-state index is 12.7. The summed E-state index contributed by atoms with van der Waals surface area (Å²) in [4.78, 5) is 16.8. The van der Waals surface area contributed by atoms with Crippen LogP contribution in [0.1, 0.15) is 38.0 Å². The summed E-state index contributed by atoms with van der Waals surface area (Å²) < 4.78 is 7.67. The molecule has 3 heterocycles. The lowest BCUT2D eigenvalue weighted by Crippen LogP contribution is -2.40. The number of anilines is 1. The summed E-state index contributed by atoms with van der Waals surface area (Å²) in [6.45, 7) is 4.68. The summed E-state index contributed by atoms with van der Waals surface area (Å²) in [6.07, 6.45) is 4.07. The Balaban J connectivity index is 1.49. The minimum atomic E-state index is -0.263. The van der Waals surface area contributed by atoms with Gasteiger partial charge in [0.05, 0.1) is 11.7 Å². The molecule has 0 spiro atoms. The Labute approximate surface area is 170 Å². The maximum atomic E-state index is 12.7. The molecule has 1 aliphatic heterocycles. The molecule has 1 aromatic carbocycles. The van der Waals surface area contributed by atoms with Crippen molar-refractivity contribution in [2.75, 3.05) is 11.9 Å². The fourth-order valence-electron chi connectivity index (χ4n) is 3.57. The number of hydrogen-bond donors (Lipinski definition) is 2. The lowest BCUT2D eigenvalue weighted by Gasteiger charge is -2.20. The second kappa shape index (κ2) is 8.45. The molecule has 0 unspecified atom stereocenters. The SMILES string of the molecule is CC(C)n1nc(-c2ccccc2)cc1NC(=O)N[C@@H]1CCO[C@H]1c1ccncc1. The van der Waals surface area contributed by atoms with Gasteiger partial charge in [0, 0.05) is 36.7 Å². The van der Waals surface area contributed by atoms with E-state index in [-0.39, 0.29) is 24.2 Å². The average molecular weight is 391 g/mol. The van der Waals surface area contributed by atoms with Gasteiger partial charge in [-0.25, -0.2) is 9.48 Å². The third-order valence-electron chi connectivity index (χ3n) is 4.98. The van der Waals surface area contributed by atoms with Crippen molar-refractivity contribution >= 4 is 11.8 Å². The topological polar surface area (TPSA) is 81.1 Å². The second-order valence-electron chi connectivity index (χ2n) is 7.38. The van der Waals surface area contributed by atoms with Crippen LogP contribution in [-0.4, -0.2) is 33.4 Å². The summed E-state index contributed by atoms with van der Waals surface area (Å²) in [5, 5.41) is 10.7. The zero-order chi connectivity index (χ0) is 20.2. The van der Waals surface area contributed by atoms with Crippen molar-refractivity contribution < 1.29 is 9.53 Å². The molecule has 2 aromatic heterocycles. The molecule has 1 aliphatic rings. The molecule has 2 atom stereocenters. The van der Waals surface area contributed by atoms with Crippen molar-refractivity contribution in [3.8, 4) is 11.3 Å². The lowest BCUT2D eigenvalue weighted by atomic mass is 10.0. The Morgan fingerprint density at radius 2 is 1.93 bits per heavy atom. The lowest BCUT2D eigenvalue weighted by molar-refractivity contribution is 0.100. The van der Waals surface area contributed by atoms with Crippen LogP contribution >= 0.6 is 0 Å². The van der Waals surface area contributed by atoms with E-state index in [2.05, 4.69) is 20.7 Å². The monoisotopic (exact) mass is 391 g/mol. The van der Waals surface area contributed by atoms with E-state index in [1.807, 2.05) is 67.1 Å². The highest BCUT2D eigenvalue weighted by atomic mass is 16.5. The molecular formula is C22H25N5O2. The van der Waals surface area contributed by atoms with Gasteiger partial charge in [0.1, 0.15) is 11.9 Å². The van der Waals surface area contributed by atoms with E-state index in [1.165, 1.54) is 0 Å². The van der Waals surface area contributed by atoms with E-state index < -0.39 is 0 Å². The zero-order valence-corrected chi connectivity index (χ0v) is 16.6. The van der Waals surface area contributed by atoms with Gasteiger partial charge in [-0.05, 0) is 38.0 Å². The number of rotatable bonds is 5. The molecule has 7 nitrogen and oxygen atoms in total. The standard InChI is InChI=1S/C22H25N5O2/c1-15(2)27-20(14-19(26-27)16-6-4-3-5-7-16)25-22(28)24-18-10-13-29-21(18)17-8-11-23-12-9-17/h3-9,11-12,14-15,18,21H,10,13H2,1-2H3,(H2,24,25,28)/t18-,21+/m1/s1. The first-order valence-electron chi connectivity index (χ1n) is 9.86. The van der Waals surface area contributed by atoms with E-state index >= 15 is 0 Å². The molecule has 1 saturated heterocycles. The number of benzene rings is 1. The minimum absolute atomic E-state index is 0.0959. The minimum Gasteiger partial charge on any atom is -0.371 e. The second-order valence-corrected chi connectivity index (χ2v) is 7.38. The van der Waals surface area contributed by atoms with Crippen LogP contribution in [0.15, 0.2) is 60.9 Å². The predicted octanol–water partition coefficient (Wildman–Crippen LogP) is 4.18. The Bertz CT molecular complexity index is 956. The molecule has 3 aromatic rings. The summed E-state index contributed by atoms with van der Waals surface area (Å²) in [6, 6.07) is 15.4. The van der Waals surface area contributed by atoms with Gasteiger partial charge in [0.2, 0.25) is 0 Å². The number of hydrogen-bond acceptors (Lipinski definition) is 4. The first-order chi connectivity index (χ1) is 14.1. The van der Waals surface area contributed by atoms with Crippen LogP contribution in [0.5, 0.6) is 0 Å². The van der Waals surface area contributed by atoms with Gasteiger partial charge < -0.3 is 10.1 Å². The molecule has 0 bridgehead atoms. The molecule has 7 heteroatoms. The van der Waals surface area contributed by atoms with Crippen molar-refractivity contribution in [1.82, 2.24) is 20.1 Å². The van der Waals surface area contributed by atoms with E-state index in [0.717, 1.165) is 23.2 Å². The molecule has 4 rings (SSSR count). The summed E-state index contributed by atoms with van der Waals surface area (Å²) in [5.41, 5.74) is 2.85. The summed E-state index contributed by atoms with van der Waals surface area (Å²) >= 11 is 0. The van der Waals surface area contributed by atoms with Gasteiger partial charge in [0.15, 0.2) is 0 Å². The normalized spacial score (nSPS) is 18.7. The maximum Gasteiger partial charge on any atom is 0.320 e. The summed E-state index contributed by atoms with van der Waals surface area (Å²) in [7, 11) is 0. The average Bonchev–Trinajstić information content (AvgIpc) is 3.36. The third-order valence-corrected chi connectivity index (χ3v) is 4.98. The van der Waals surface area contributed by atoms with Gasteiger partial charge in [-0.3, -0.25) is 10.3 Å². The van der Waals surface area contributed by atoms with Crippen LogP contribution in [-0.2, 0) is 4.74 Å². The van der Waals surface area contributed by atoms with Crippen LogP contribution in [0.3, 0.4) is 0 Å². The van der Waals surface area contributed by atoms with Gasteiger partial charge >= 0.3 is 6.03 Å². The number of ether oxygens (including phenoxy) is 1. The highest BCUT2D eigenvalue weighted by Crippen LogP contribution is 2.29. The van der Waals surface area contributed by atoms with Crippen molar-refractivity contribution in [3.63, 3.8) is 0 Å². The molecule has 2 amide bonds. The number of amides is 2. The van der Waals surface area contributed by atoms with Crippen LogP contribution in [0.4, 0.5) is 10.6 Å². The van der Waals surface area contributed by atoms with E-state index in [1.54, 1.807) is 12.4 Å². The fourth-order valence-corrected chi connectivity index (χ4v) is 3.57. The van der Waals surface area contributed by atoms with Crippen LogP contribution in [0, 0.1) is 0 Å². The molecule has 0 radical (unpaired) electrons. The molecule has 29 heavy (non-hydrogen) atoms. The van der Waals surface area contributed by atoms with E-state index in [9.17, 15) is 4.79 Å². The van der Waals surface area contributed by atoms with Crippen LogP contribution < -0.4 is 10.6 Å². The van der Waals surface area contributed by atoms with Crippen molar-refractivity contribution in [2.45, 2.75) is 38.5 Å². The Morgan fingerprint density at radius 3 is 2.66 bits per heavy atom. The highest BCUT2D eigenvalue weighted by Gasteiger charge is 2.31. The largest absolute Gasteiger partial charge is 0.371 e. The molecule has 150 valence electrons. The molecule has 2 N–H and O–H groups in total. The number of aromatic nitrogens is 3. The van der Waals surface area contributed by atoms with Crippen molar-refractivity contribution in [3.05, 3.63) is 66.5 Å². The third kappa shape index (κ3) is 4.30. The fraction of sp³-hybridized carbons (Fsp3) is 0.318. The molecule has 1 fully saturated rings. The zero-order valence-electron chi connectivity index (χ0n) is 16.6. The van der Waals surface area contributed by atoms with Gasteiger partial charge in [0.25, 0.3) is 0 Å². The van der Waals surface area contributed by atoms with E-state index in [4.69, 9.17) is 4.74 Å². The number of nitrogens with zero attached hydrogens (tertiary/aromatic N) is 3. The molecule has 0 aliphatic carbocycles. The number of urea groups is 1. The molecule has 0 saturated carbocycles. The Kier molecular flexibility index (Phi) is 5.57. The number of carbonyl (C=O) groups excluding carboxylic acids is 1. The highest BCUT2D eigenvalue weighted by molar-refractivity contribution is 5.89. The first-order valence-corrected chi connectivity index (χ1v) is 9.86. The van der Waals surface area contributed by atoms with Crippen LogP contribution in [0.2, 0.25) is 0 Å². The van der Waals surface area contributed by atoms with E-state index in [0.29, 0.717) is 12.4 Å². The van der Waals surface area contributed by atoms with Gasteiger partial charge in [-0.1, -0.05) is 30.3 Å². The predicted molar refractivity (Wildman–Crippen MR) is 112 cm³/mol. The van der Waals surface area contributed by atoms with Crippen LogP contribution in [0.25, 0.3) is 11.3 Å². The number of pyridine rings is 1. The Morgan fingerprint density at radius 1 is 1.17 bits per heavy atom. The quantitative estimate of drug-likeness (QED) is 0.684. The first kappa shape index (κ1) is 19.1. The van der Waals surface area contributed by atoms with Crippen molar-refractivity contribution in [2.24, 2.45) is 0 Å². The summed E-state index contributed by atoms with van der Waals surface area (Å²) in [5.74, 6) is 0.663. The number of carbonyl (C=O) groups is 1. The molecular weight excluding hydrogens is 366 g/mol. The number of nitrogens with one attached hydrogen (secondary N) is 2. The Hall–Kier alpha value is -3.19.